The number of nitrogens with one attached hydrogen (secondary N) is 1. The molecule has 1 heterocycles. The van der Waals surface area contributed by atoms with Gasteiger partial charge in [0.05, 0.1) is 10.2 Å². The van der Waals surface area contributed by atoms with Crippen molar-refractivity contribution >= 4 is 27.8 Å². The number of aromatic nitrogens is 1. The van der Waals surface area contributed by atoms with E-state index in [0.29, 0.717) is 10.6 Å². The summed E-state index contributed by atoms with van der Waals surface area (Å²) in [5, 5.41) is 11.6. The number of aromatic carboxylic acids is 1. The Balaban J connectivity index is 2.02. The summed E-state index contributed by atoms with van der Waals surface area (Å²) in [6.07, 6.45) is 3.52. The minimum Gasteiger partial charge on any atom is -0.478 e. The van der Waals surface area contributed by atoms with E-state index < -0.39 is 5.97 Å². The van der Waals surface area contributed by atoms with Crippen LogP contribution in [0, 0.1) is 0 Å². The molecule has 1 aliphatic carbocycles. The van der Waals surface area contributed by atoms with Gasteiger partial charge in [0.25, 0.3) is 0 Å². The number of carbonyl (C=O) groups excluding carboxylic acids is 1. The molecule has 0 unspecified atom stereocenters. The first-order valence-electron chi connectivity index (χ1n) is 4.94. The molecule has 5 nitrogen and oxygen atoms in total. The van der Waals surface area contributed by atoms with Gasteiger partial charge in [0.15, 0.2) is 0 Å². The Morgan fingerprint density at radius 3 is 2.75 bits per heavy atom. The molecule has 1 fully saturated rings. The lowest BCUT2D eigenvalue weighted by Crippen LogP contribution is -2.29. The fraction of sp³-hybridized carbons (Fsp3) is 0.400. The molecule has 0 atom stereocenters. The molecule has 1 saturated carbocycles. The van der Waals surface area contributed by atoms with Crippen molar-refractivity contribution in [1.29, 1.82) is 0 Å². The maximum Gasteiger partial charge on any atom is 0.337 e. The summed E-state index contributed by atoms with van der Waals surface area (Å²) in [6.45, 7) is 0.143. The average Bonchev–Trinajstić information content (AvgIpc) is 2.91. The highest BCUT2D eigenvalue weighted by molar-refractivity contribution is 9.10. The Hall–Kier alpha value is -1.30. The minimum absolute atomic E-state index is 0.0873. The first-order chi connectivity index (χ1) is 7.56. The van der Waals surface area contributed by atoms with E-state index in [2.05, 4.69) is 21.2 Å². The van der Waals surface area contributed by atoms with Gasteiger partial charge in [0.1, 0.15) is 6.54 Å². The molecule has 0 aliphatic heterocycles. The van der Waals surface area contributed by atoms with Crippen molar-refractivity contribution in [2.24, 2.45) is 0 Å². The van der Waals surface area contributed by atoms with Gasteiger partial charge in [-0.1, -0.05) is 0 Å². The van der Waals surface area contributed by atoms with Crippen molar-refractivity contribution in [1.82, 2.24) is 9.88 Å². The Kier molecular flexibility index (Phi) is 3.00. The standard InChI is InChI=1S/C10H11BrN2O3/c11-8-3-6(10(15)16)4-13(8)5-9(14)12-7-1-2-7/h3-4,7H,1-2,5H2,(H,12,14)(H,15,16). The van der Waals surface area contributed by atoms with E-state index >= 15 is 0 Å². The molecule has 86 valence electrons. The first kappa shape index (κ1) is 11.2. The first-order valence-corrected chi connectivity index (χ1v) is 5.74. The van der Waals surface area contributed by atoms with E-state index in [9.17, 15) is 9.59 Å². The van der Waals surface area contributed by atoms with Crippen LogP contribution in [0.25, 0.3) is 0 Å². The summed E-state index contributed by atoms with van der Waals surface area (Å²) in [6, 6.07) is 1.80. The third kappa shape index (κ3) is 2.63. The van der Waals surface area contributed by atoms with Gasteiger partial charge in [0.2, 0.25) is 5.91 Å². The molecule has 1 amide bonds. The van der Waals surface area contributed by atoms with Crippen molar-refractivity contribution in [2.75, 3.05) is 0 Å². The molecule has 2 N–H and O–H groups in total. The van der Waals surface area contributed by atoms with Crippen LogP contribution in [0.5, 0.6) is 0 Å². The fourth-order valence-corrected chi connectivity index (χ4v) is 1.85. The Morgan fingerprint density at radius 2 is 2.25 bits per heavy atom. The van der Waals surface area contributed by atoms with E-state index in [1.807, 2.05) is 0 Å². The molecule has 0 radical (unpaired) electrons. The Labute approximate surface area is 101 Å². The van der Waals surface area contributed by atoms with Crippen LogP contribution in [0.15, 0.2) is 16.9 Å². The highest BCUT2D eigenvalue weighted by Gasteiger charge is 2.23. The lowest BCUT2D eigenvalue weighted by molar-refractivity contribution is -0.121. The zero-order valence-electron chi connectivity index (χ0n) is 8.44. The van der Waals surface area contributed by atoms with Crippen LogP contribution in [0.4, 0.5) is 0 Å². The molecule has 1 aromatic heterocycles. The van der Waals surface area contributed by atoms with Gasteiger partial charge in [-0.2, -0.15) is 0 Å². The smallest absolute Gasteiger partial charge is 0.337 e. The highest BCUT2D eigenvalue weighted by atomic mass is 79.9. The van der Waals surface area contributed by atoms with Gasteiger partial charge >= 0.3 is 5.97 Å². The molecule has 0 saturated heterocycles. The van der Waals surface area contributed by atoms with Crippen LogP contribution in [0.1, 0.15) is 23.2 Å². The van der Waals surface area contributed by atoms with Crippen molar-refractivity contribution in [3.8, 4) is 0 Å². The predicted molar refractivity (Wildman–Crippen MR) is 60.3 cm³/mol. The maximum atomic E-state index is 11.5. The molecule has 1 aromatic rings. The molecule has 6 heteroatoms. The topological polar surface area (TPSA) is 71.3 Å². The van der Waals surface area contributed by atoms with Crippen molar-refractivity contribution in [2.45, 2.75) is 25.4 Å². The second-order valence-electron chi connectivity index (χ2n) is 3.83. The normalized spacial score (nSPS) is 14.8. The van der Waals surface area contributed by atoms with Crippen molar-refractivity contribution < 1.29 is 14.7 Å². The van der Waals surface area contributed by atoms with Gasteiger partial charge in [-0.05, 0) is 34.8 Å². The number of rotatable bonds is 4. The molecular formula is C10H11BrN2O3. The molecule has 0 aromatic carbocycles. The average molecular weight is 287 g/mol. The Morgan fingerprint density at radius 1 is 1.56 bits per heavy atom. The zero-order valence-corrected chi connectivity index (χ0v) is 10.0. The summed E-state index contributed by atoms with van der Waals surface area (Å²) in [5.74, 6) is -1.09. The lowest BCUT2D eigenvalue weighted by Gasteiger charge is -2.05. The van der Waals surface area contributed by atoms with Crippen molar-refractivity contribution in [3.05, 3.63) is 22.4 Å². The van der Waals surface area contributed by atoms with E-state index in [0.717, 1.165) is 12.8 Å². The van der Waals surface area contributed by atoms with Crippen LogP contribution in [0.3, 0.4) is 0 Å². The number of amides is 1. The molecule has 0 spiro atoms. The summed E-state index contributed by atoms with van der Waals surface area (Å²) in [7, 11) is 0. The molecular weight excluding hydrogens is 276 g/mol. The summed E-state index contributed by atoms with van der Waals surface area (Å²) >= 11 is 3.22. The third-order valence-corrected chi connectivity index (χ3v) is 3.03. The Bertz CT molecular complexity index is 437. The van der Waals surface area contributed by atoms with E-state index in [4.69, 9.17) is 5.11 Å². The van der Waals surface area contributed by atoms with Gasteiger partial charge in [-0.3, -0.25) is 4.79 Å². The summed E-state index contributed by atoms with van der Waals surface area (Å²) < 4.78 is 2.16. The number of carboxylic acid groups (broad SMARTS) is 1. The zero-order chi connectivity index (χ0) is 11.7. The minimum atomic E-state index is -0.998. The fourth-order valence-electron chi connectivity index (χ4n) is 1.37. The molecule has 1 aliphatic rings. The van der Waals surface area contributed by atoms with Gasteiger partial charge in [-0.15, -0.1) is 0 Å². The van der Waals surface area contributed by atoms with Crippen LogP contribution in [-0.2, 0) is 11.3 Å². The molecule has 0 bridgehead atoms. The van der Waals surface area contributed by atoms with Gasteiger partial charge in [-0.25, -0.2) is 4.79 Å². The van der Waals surface area contributed by atoms with E-state index in [-0.39, 0.29) is 18.0 Å². The van der Waals surface area contributed by atoms with Crippen LogP contribution >= 0.6 is 15.9 Å². The molecule has 2 rings (SSSR count). The maximum absolute atomic E-state index is 11.5. The van der Waals surface area contributed by atoms with E-state index in [1.165, 1.54) is 12.3 Å². The monoisotopic (exact) mass is 286 g/mol. The summed E-state index contributed by atoms with van der Waals surface area (Å²) in [5.41, 5.74) is 0.172. The van der Waals surface area contributed by atoms with Gasteiger partial charge < -0.3 is 15.0 Å². The summed E-state index contributed by atoms with van der Waals surface area (Å²) in [4.78, 5) is 22.2. The van der Waals surface area contributed by atoms with Crippen molar-refractivity contribution in [3.63, 3.8) is 0 Å². The SMILES string of the molecule is O=C(Cn1cc(C(=O)O)cc1Br)NC1CC1. The lowest BCUT2D eigenvalue weighted by atomic mass is 10.4. The largest absolute Gasteiger partial charge is 0.478 e. The number of hydrogen-bond donors (Lipinski definition) is 2. The second-order valence-corrected chi connectivity index (χ2v) is 4.64. The number of nitrogens with zero attached hydrogens (tertiary/aromatic N) is 1. The van der Waals surface area contributed by atoms with Crippen LogP contribution in [0.2, 0.25) is 0 Å². The van der Waals surface area contributed by atoms with Crippen LogP contribution < -0.4 is 5.32 Å². The molecule has 16 heavy (non-hydrogen) atoms. The predicted octanol–water partition coefficient (Wildman–Crippen LogP) is 1.23. The second kappa shape index (κ2) is 4.29. The van der Waals surface area contributed by atoms with E-state index in [1.54, 1.807) is 4.57 Å². The number of hydrogen-bond acceptors (Lipinski definition) is 2. The van der Waals surface area contributed by atoms with Gasteiger partial charge in [0, 0.05) is 12.2 Å². The number of halogens is 1. The highest BCUT2D eigenvalue weighted by Crippen LogP contribution is 2.19. The third-order valence-electron chi connectivity index (χ3n) is 2.35. The van der Waals surface area contributed by atoms with Crippen LogP contribution in [-0.4, -0.2) is 27.6 Å². The number of carbonyl (C=O) groups is 2. The quantitative estimate of drug-likeness (QED) is 0.875. The number of carboxylic acids is 1.